The molecule has 24 heavy (non-hydrogen) atoms. The number of rotatable bonds is 4. The van der Waals surface area contributed by atoms with Crippen molar-refractivity contribution in [1.29, 1.82) is 0 Å². The smallest absolute Gasteiger partial charge is 0.408 e. The van der Waals surface area contributed by atoms with E-state index in [9.17, 15) is 4.79 Å². The maximum absolute atomic E-state index is 12.4. The van der Waals surface area contributed by atoms with Crippen LogP contribution in [-0.2, 0) is 4.74 Å². The van der Waals surface area contributed by atoms with Crippen molar-refractivity contribution in [3.8, 4) is 0 Å². The van der Waals surface area contributed by atoms with E-state index in [1.165, 1.54) is 6.42 Å². The molecule has 1 unspecified atom stereocenters. The normalized spacial score (nSPS) is 18.5. The number of amides is 1. The highest BCUT2D eigenvalue weighted by molar-refractivity contribution is 7.80. The van der Waals surface area contributed by atoms with Crippen LogP contribution in [0.25, 0.3) is 0 Å². The lowest BCUT2D eigenvalue weighted by Crippen LogP contribution is -2.57. The second-order valence-electron chi connectivity index (χ2n) is 7.64. The molecule has 1 aromatic rings. The summed E-state index contributed by atoms with van der Waals surface area (Å²) in [5, 5.41) is 3.12. The van der Waals surface area contributed by atoms with E-state index in [0.29, 0.717) is 0 Å². The van der Waals surface area contributed by atoms with E-state index in [1.54, 1.807) is 6.20 Å². The number of carbonyl (C=O) groups excluding carboxylic acids is 1. The molecule has 1 saturated carbocycles. The third-order valence-electron chi connectivity index (χ3n) is 4.50. The lowest BCUT2D eigenvalue weighted by atomic mass is 9.74. The van der Waals surface area contributed by atoms with Crippen LogP contribution < -0.4 is 5.32 Å². The number of ether oxygens (including phenoxy) is 1. The molecule has 1 aliphatic carbocycles. The summed E-state index contributed by atoms with van der Waals surface area (Å²) in [6, 6.07) is 3.96. The number of hydrogen-bond acceptors (Lipinski definition) is 4. The molecule has 1 aromatic heterocycles. The van der Waals surface area contributed by atoms with Gasteiger partial charge in [0.1, 0.15) is 5.60 Å². The number of hydrogen-bond donors (Lipinski definition) is 1. The Labute approximate surface area is 150 Å². The quantitative estimate of drug-likeness (QED) is 0.795. The van der Waals surface area contributed by atoms with Crippen LogP contribution in [0, 0.1) is 0 Å². The molecule has 0 spiro atoms. The van der Waals surface area contributed by atoms with E-state index >= 15 is 0 Å². The number of carbonyl (C=O) groups is 1. The number of aromatic nitrogens is 1. The summed E-state index contributed by atoms with van der Waals surface area (Å²) in [5.74, 6) is 0.0572. The summed E-state index contributed by atoms with van der Waals surface area (Å²) < 4.78 is 5.48. The third kappa shape index (κ3) is 4.76. The van der Waals surface area contributed by atoms with Crippen LogP contribution in [0.3, 0.4) is 0 Å². The molecule has 1 fully saturated rings. The van der Waals surface area contributed by atoms with E-state index < -0.39 is 11.1 Å². The van der Waals surface area contributed by atoms with Gasteiger partial charge in [-0.3, -0.25) is 4.98 Å². The predicted molar refractivity (Wildman–Crippen MR) is 100 cm³/mol. The molecule has 4 nitrogen and oxygen atoms in total. The first kappa shape index (κ1) is 18.8. The SMILES string of the molecule is CC(C(=S)C1(NC(=O)OC(C)(C)C)CCCCC1)c1cccnc1. The molecule has 0 radical (unpaired) electrons. The largest absolute Gasteiger partial charge is 0.444 e. The standard InChI is InChI=1S/C19H28N2O2S/c1-14(15-9-8-12-20-13-15)16(24)19(10-6-5-7-11-19)21-17(22)23-18(2,3)4/h8-9,12-14H,5-7,10-11H2,1-4H3,(H,21,22). The number of pyridine rings is 1. The van der Waals surface area contributed by atoms with Gasteiger partial charge in [0, 0.05) is 23.2 Å². The summed E-state index contributed by atoms with van der Waals surface area (Å²) in [6.07, 6.45) is 8.28. The van der Waals surface area contributed by atoms with Crippen LogP contribution in [0.4, 0.5) is 4.79 Å². The average molecular weight is 349 g/mol. The van der Waals surface area contributed by atoms with Crippen LogP contribution in [0.2, 0.25) is 0 Å². The minimum Gasteiger partial charge on any atom is -0.444 e. The summed E-state index contributed by atoms with van der Waals surface area (Å²) in [6.45, 7) is 7.70. The Bertz CT molecular complexity index is 575. The van der Waals surface area contributed by atoms with Gasteiger partial charge in [-0.15, -0.1) is 0 Å². The lowest BCUT2D eigenvalue weighted by Gasteiger charge is -2.41. The summed E-state index contributed by atoms with van der Waals surface area (Å²) in [5.41, 5.74) is 0.0975. The Balaban J connectivity index is 2.20. The van der Waals surface area contributed by atoms with E-state index in [2.05, 4.69) is 17.2 Å². The van der Waals surface area contributed by atoms with Crippen molar-refractivity contribution in [2.45, 2.75) is 76.9 Å². The van der Waals surface area contributed by atoms with Crippen molar-refractivity contribution < 1.29 is 9.53 Å². The number of nitrogens with zero attached hydrogens (tertiary/aromatic N) is 1. The minimum absolute atomic E-state index is 0.0572. The van der Waals surface area contributed by atoms with Crippen molar-refractivity contribution in [3.63, 3.8) is 0 Å². The Morgan fingerprint density at radius 3 is 2.54 bits per heavy atom. The molecule has 1 amide bonds. The van der Waals surface area contributed by atoms with E-state index in [1.807, 2.05) is 39.1 Å². The molecule has 0 aromatic carbocycles. The van der Waals surface area contributed by atoms with Crippen molar-refractivity contribution in [2.75, 3.05) is 0 Å². The second-order valence-corrected chi connectivity index (χ2v) is 8.08. The number of nitrogens with one attached hydrogen (secondary N) is 1. The van der Waals surface area contributed by atoms with E-state index in [-0.39, 0.29) is 12.0 Å². The zero-order chi connectivity index (χ0) is 17.8. The molecule has 1 atom stereocenters. The summed E-state index contributed by atoms with van der Waals surface area (Å²) in [4.78, 5) is 17.5. The predicted octanol–water partition coefficient (Wildman–Crippen LogP) is 4.78. The fourth-order valence-electron chi connectivity index (χ4n) is 3.29. The van der Waals surface area contributed by atoms with Gasteiger partial charge in [0.05, 0.1) is 5.54 Å². The molecule has 5 heteroatoms. The minimum atomic E-state index is -0.517. The van der Waals surface area contributed by atoms with Gasteiger partial charge in [-0.25, -0.2) is 4.79 Å². The van der Waals surface area contributed by atoms with Crippen LogP contribution in [0.1, 0.15) is 71.3 Å². The molecule has 2 rings (SSSR count). The Kier molecular flexibility index (Phi) is 5.97. The van der Waals surface area contributed by atoms with Gasteiger partial charge in [-0.1, -0.05) is 44.5 Å². The average Bonchev–Trinajstić information content (AvgIpc) is 2.53. The van der Waals surface area contributed by atoms with Crippen LogP contribution in [0.5, 0.6) is 0 Å². The Hall–Kier alpha value is -1.49. The highest BCUT2D eigenvalue weighted by Gasteiger charge is 2.41. The van der Waals surface area contributed by atoms with Crippen molar-refractivity contribution in [2.24, 2.45) is 0 Å². The molecule has 1 aliphatic rings. The fourth-order valence-corrected chi connectivity index (χ4v) is 3.68. The monoisotopic (exact) mass is 348 g/mol. The van der Waals surface area contributed by atoms with Crippen LogP contribution >= 0.6 is 12.2 Å². The maximum Gasteiger partial charge on any atom is 0.408 e. The van der Waals surface area contributed by atoms with Gasteiger partial charge in [-0.05, 0) is 45.2 Å². The fraction of sp³-hybridized carbons (Fsp3) is 0.632. The molecular weight excluding hydrogens is 320 g/mol. The molecule has 0 bridgehead atoms. The van der Waals surface area contributed by atoms with Crippen LogP contribution in [0.15, 0.2) is 24.5 Å². The van der Waals surface area contributed by atoms with Crippen molar-refractivity contribution >= 4 is 23.2 Å². The first-order valence-corrected chi connectivity index (χ1v) is 9.10. The lowest BCUT2D eigenvalue weighted by molar-refractivity contribution is 0.0468. The van der Waals surface area contributed by atoms with Gasteiger partial charge >= 0.3 is 6.09 Å². The van der Waals surface area contributed by atoms with Crippen molar-refractivity contribution in [1.82, 2.24) is 10.3 Å². The van der Waals surface area contributed by atoms with Crippen LogP contribution in [-0.4, -0.2) is 27.1 Å². The van der Waals surface area contributed by atoms with E-state index in [4.69, 9.17) is 17.0 Å². The zero-order valence-corrected chi connectivity index (χ0v) is 15.9. The van der Waals surface area contributed by atoms with Gasteiger partial charge in [0.2, 0.25) is 0 Å². The Morgan fingerprint density at radius 1 is 1.33 bits per heavy atom. The highest BCUT2D eigenvalue weighted by atomic mass is 32.1. The van der Waals surface area contributed by atoms with Crippen molar-refractivity contribution in [3.05, 3.63) is 30.1 Å². The van der Waals surface area contributed by atoms with E-state index in [0.717, 1.165) is 36.1 Å². The number of thiocarbonyl (C=S) groups is 1. The second kappa shape index (κ2) is 7.60. The topological polar surface area (TPSA) is 51.2 Å². The molecule has 0 saturated heterocycles. The molecule has 1 heterocycles. The van der Waals surface area contributed by atoms with Gasteiger partial charge in [0.25, 0.3) is 0 Å². The summed E-state index contributed by atoms with van der Waals surface area (Å²) >= 11 is 5.85. The first-order valence-electron chi connectivity index (χ1n) is 8.69. The Morgan fingerprint density at radius 2 is 2.00 bits per heavy atom. The van der Waals surface area contributed by atoms with Gasteiger partial charge < -0.3 is 10.1 Å². The molecule has 1 N–H and O–H groups in total. The molecule has 132 valence electrons. The zero-order valence-electron chi connectivity index (χ0n) is 15.1. The molecular formula is C19H28N2O2S. The summed E-state index contributed by atoms with van der Waals surface area (Å²) in [7, 11) is 0. The maximum atomic E-state index is 12.4. The van der Waals surface area contributed by atoms with Gasteiger partial charge in [0.15, 0.2) is 0 Å². The first-order chi connectivity index (χ1) is 11.2. The number of alkyl carbamates (subject to hydrolysis) is 1. The highest BCUT2D eigenvalue weighted by Crippen LogP contribution is 2.35. The third-order valence-corrected chi connectivity index (χ3v) is 5.24. The van der Waals surface area contributed by atoms with Gasteiger partial charge in [-0.2, -0.15) is 0 Å². The molecule has 0 aliphatic heterocycles.